The zero-order valence-corrected chi connectivity index (χ0v) is 26.1. The Morgan fingerprint density at radius 2 is 1.93 bits per heavy atom. The summed E-state index contributed by atoms with van der Waals surface area (Å²) in [6.07, 6.45) is -5.25. The number of ether oxygens (including phenoxy) is 3. The molecule has 1 aromatic carbocycles. The number of fused-ring (bicyclic) bond motifs is 1. The Labute approximate surface area is 254 Å². The smallest absolute Gasteiger partial charge is 0.387 e. The maximum absolute atomic E-state index is 12.6. The fraction of sp³-hybridized carbons (Fsp3) is 0.522. The SMILES string of the molecule is Cn1c[n+]([C@@H]2O[C@H](COP(=O)(O)OP(=O)(O)O)C(O)[C@@H]2OCOC(c2ccccc2[N+](=O)[O-])C(C)(C)C)c2nc(N)[nH]c(=O)c21. The van der Waals surface area contributed by atoms with Crippen molar-refractivity contribution in [2.24, 2.45) is 12.5 Å². The lowest BCUT2D eigenvalue weighted by molar-refractivity contribution is -0.746. The van der Waals surface area contributed by atoms with Crippen molar-refractivity contribution in [3.63, 3.8) is 0 Å². The average molecular weight is 679 g/mol. The van der Waals surface area contributed by atoms with Gasteiger partial charge in [0.2, 0.25) is 11.7 Å². The molecule has 0 radical (unpaired) electrons. The van der Waals surface area contributed by atoms with Crippen molar-refractivity contribution < 1.29 is 61.5 Å². The number of H-pyrrole nitrogens is 1. The fourth-order valence-electron chi connectivity index (χ4n) is 4.91. The molecule has 1 aliphatic heterocycles. The van der Waals surface area contributed by atoms with Gasteiger partial charge in [0, 0.05) is 6.07 Å². The summed E-state index contributed by atoms with van der Waals surface area (Å²) in [6, 6.07) is 6.01. The molecule has 20 nitrogen and oxygen atoms in total. The monoisotopic (exact) mass is 679 g/mol. The van der Waals surface area contributed by atoms with E-state index in [1.807, 2.05) is 0 Å². The van der Waals surface area contributed by atoms with E-state index in [9.17, 15) is 34.0 Å². The summed E-state index contributed by atoms with van der Waals surface area (Å²) >= 11 is 0. The van der Waals surface area contributed by atoms with Gasteiger partial charge in [-0.2, -0.15) is 4.31 Å². The van der Waals surface area contributed by atoms with E-state index >= 15 is 0 Å². The lowest BCUT2D eigenvalue weighted by atomic mass is 9.84. The number of hydrogen-bond donors (Lipinski definition) is 6. The first-order valence-corrected chi connectivity index (χ1v) is 16.1. The minimum atomic E-state index is -5.43. The number of phosphoric ester groups is 1. The van der Waals surface area contributed by atoms with E-state index in [0.717, 1.165) is 0 Å². The number of para-hydroxylation sites is 1. The molecule has 22 heteroatoms. The number of imidazole rings is 1. The molecule has 6 atom stereocenters. The van der Waals surface area contributed by atoms with Crippen LogP contribution in [0, 0.1) is 15.5 Å². The molecule has 0 amide bonds. The number of aromatic nitrogens is 4. The minimum absolute atomic E-state index is 0.0113. The predicted octanol–water partition coefficient (Wildman–Crippen LogP) is 0.671. The Hall–Kier alpha value is -3.13. The van der Waals surface area contributed by atoms with Crippen molar-refractivity contribution in [3.8, 4) is 0 Å². The number of nitro groups is 1. The number of anilines is 1. The third-order valence-electron chi connectivity index (χ3n) is 6.69. The second-order valence-electron chi connectivity index (χ2n) is 11.1. The molecule has 1 fully saturated rings. The number of hydrogen-bond acceptors (Lipinski definition) is 13. The molecule has 0 saturated carbocycles. The highest BCUT2D eigenvalue weighted by atomic mass is 31.3. The molecular weight excluding hydrogens is 646 g/mol. The summed E-state index contributed by atoms with van der Waals surface area (Å²) in [7, 11) is -9.21. The lowest BCUT2D eigenvalue weighted by Crippen LogP contribution is -2.47. The molecule has 0 bridgehead atoms. The number of nitrogens with one attached hydrogen (secondary N) is 1. The van der Waals surface area contributed by atoms with Gasteiger partial charge in [0.25, 0.3) is 17.2 Å². The van der Waals surface area contributed by atoms with E-state index in [-0.39, 0.29) is 28.4 Å². The van der Waals surface area contributed by atoms with Crippen LogP contribution >= 0.6 is 15.6 Å². The number of nitrogens with zero attached hydrogens (tertiary/aromatic N) is 4. The van der Waals surface area contributed by atoms with Crippen LogP contribution in [0.1, 0.15) is 38.7 Å². The van der Waals surface area contributed by atoms with Crippen LogP contribution in [0.3, 0.4) is 0 Å². The Bertz CT molecular complexity index is 1720. The fourth-order valence-corrected chi connectivity index (χ4v) is 6.51. The zero-order valence-electron chi connectivity index (χ0n) is 24.3. The largest absolute Gasteiger partial charge is 0.481 e. The maximum Gasteiger partial charge on any atom is 0.481 e. The Morgan fingerprint density at radius 3 is 2.56 bits per heavy atom. The molecule has 0 aliphatic carbocycles. The Kier molecular flexibility index (Phi) is 9.99. The van der Waals surface area contributed by atoms with Crippen molar-refractivity contribution in [1.82, 2.24) is 14.5 Å². The number of benzene rings is 1. The van der Waals surface area contributed by atoms with Crippen LogP contribution in [0.15, 0.2) is 35.4 Å². The van der Waals surface area contributed by atoms with Gasteiger partial charge < -0.3 is 39.7 Å². The van der Waals surface area contributed by atoms with Crippen molar-refractivity contribution in [1.29, 1.82) is 0 Å². The number of nitro benzene ring substituents is 1. The van der Waals surface area contributed by atoms with Gasteiger partial charge in [0.05, 0.1) is 30.2 Å². The Morgan fingerprint density at radius 1 is 1.27 bits per heavy atom. The number of aliphatic hydroxyl groups is 1. The highest BCUT2D eigenvalue weighted by Gasteiger charge is 2.50. The third-order valence-corrected chi connectivity index (χ3v) is 8.84. The van der Waals surface area contributed by atoms with Crippen molar-refractivity contribution in [2.45, 2.75) is 51.4 Å². The number of nitrogen functional groups attached to an aromatic ring is 1. The molecule has 4 rings (SSSR count). The first kappa shape index (κ1) is 34.7. The minimum Gasteiger partial charge on any atom is -0.387 e. The second-order valence-corrected chi connectivity index (χ2v) is 14.0. The number of phosphoric acid groups is 2. The van der Waals surface area contributed by atoms with Gasteiger partial charge >= 0.3 is 21.3 Å². The van der Waals surface area contributed by atoms with E-state index in [0.29, 0.717) is 0 Å². The maximum atomic E-state index is 12.6. The Balaban J connectivity index is 1.65. The topological polar surface area (TPSA) is 285 Å². The highest BCUT2D eigenvalue weighted by Crippen LogP contribution is 2.57. The molecule has 3 heterocycles. The van der Waals surface area contributed by atoms with Crippen LogP contribution in [0.25, 0.3) is 11.2 Å². The quantitative estimate of drug-likeness (QED) is 0.0504. The van der Waals surface area contributed by atoms with Gasteiger partial charge in [-0.1, -0.05) is 37.9 Å². The molecule has 1 saturated heterocycles. The van der Waals surface area contributed by atoms with Crippen molar-refractivity contribution >= 4 is 38.4 Å². The normalized spacial score (nSPS) is 22.8. The van der Waals surface area contributed by atoms with Gasteiger partial charge in [0.15, 0.2) is 6.33 Å². The molecule has 3 unspecified atom stereocenters. The van der Waals surface area contributed by atoms with Crippen LogP contribution in [0.4, 0.5) is 11.6 Å². The lowest BCUT2D eigenvalue weighted by Gasteiger charge is -2.31. The first-order chi connectivity index (χ1) is 20.8. The van der Waals surface area contributed by atoms with Crippen molar-refractivity contribution in [2.75, 3.05) is 19.1 Å². The molecule has 7 N–H and O–H groups in total. The van der Waals surface area contributed by atoms with E-state index in [4.69, 9.17) is 29.7 Å². The van der Waals surface area contributed by atoms with Crippen molar-refractivity contribution in [3.05, 3.63) is 56.6 Å². The standard InChI is InChI=1S/C23H32N6O14P2/c1-23(2,3)18(12-7-5-6-8-13(12)29(32)33)40-11-39-17-16(30)14(9-41-45(37,38)43-44(34,35)36)42-21(17)28-10-27(4)15-19(28)25-22(24)26-20(15)31/h5-8,10,14,16-18,21,30H,9,11H2,1-4H3,(H5-,24,25,26,31,34,35,36,37,38)/p+1/t14-,16?,17+,18?,21-/m1/s1. The first-order valence-electron chi connectivity index (χ1n) is 13.1. The molecule has 45 heavy (non-hydrogen) atoms. The van der Waals surface area contributed by atoms with E-state index in [1.54, 1.807) is 32.9 Å². The van der Waals surface area contributed by atoms with Crippen LogP contribution < -0.4 is 15.9 Å². The summed E-state index contributed by atoms with van der Waals surface area (Å²) in [5.41, 5.74) is 4.65. The van der Waals surface area contributed by atoms with Crippen LogP contribution in [-0.2, 0) is 39.2 Å². The van der Waals surface area contributed by atoms with E-state index in [2.05, 4.69) is 18.8 Å². The average Bonchev–Trinajstić information content (AvgIpc) is 3.39. The summed E-state index contributed by atoms with van der Waals surface area (Å²) in [5.74, 6) is -0.236. The summed E-state index contributed by atoms with van der Waals surface area (Å²) in [5, 5.41) is 22.9. The molecule has 3 aromatic rings. The predicted molar refractivity (Wildman–Crippen MR) is 151 cm³/mol. The van der Waals surface area contributed by atoms with E-state index in [1.165, 1.54) is 34.6 Å². The van der Waals surface area contributed by atoms with Gasteiger partial charge in [-0.05, 0) is 11.5 Å². The molecule has 0 spiro atoms. The molecule has 1 aliphatic rings. The summed E-state index contributed by atoms with van der Waals surface area (Å²) in [4.78, 5) is 57.7. The van der Waals surface area contributed by atoms with Crippen LogP contribution in [0.2, 0.25) is 0 Å². The van der Waals surface area contributed by atoms with Gasteiger partial charge in [-0.3, -0.25) is 29.0 Å². The van der Waals surface area contributed by atoms with E-state index < -0.39 is 75.6 Å². The third kappa shape index (κ3) is 8.00. The number of aliphatic hydroxyl groups excluding tert-OH is 1. The number of nitrogens with two attached hydrogens (primary N) is 1. The van der Waals surface area contributed by atoms with Crippen LogP contribution in [0.5, 0.6) is 0 Å². The molecule has 248 valence electrons. The van der Waals surface area contributed by atoms with Gasteiger partial charge in [-0.25, -0.2) is 13.7 Å². The van der Waals surface area contributed by atoms with Crippen LogP contribution in [-0.4, -0.2) is 71.0 Å². The molecule has 2 aromatic heterocycles. The summed E-state index contributed by atoms with van der Waals surface area (Å²) in [6.45, 7) is 3.93. The van der Waals surface area contributed by atoms with Gasteiger partial charge in [0.1, 0.15) is 25.1 Å². The van der Waals surface area contributed by atoms with Gasteiger partial charge in [-0.15, -0.1) is 0 Å². The number of aromatic amines is 1. The highest BCUT2D eigenvalue weighted by molar-refractivity contribution is 7.60. The summed E-state index contributed by atoms with van der Waals surface area (Å²) < 4.78 is 52.0. The number of rotatable bonds is 12. The second kappa shape index (κ2) is 12.9. The zero-order chi connectivity index (χ0) is 33.5. The number of aryl methyl sites for hydroxylation is 1. The molecular formula is C23H33N6O14P2+.